The quantitative estimate of drug-likeness (QED) is 0.554. The standard InChI is InChI=1S/C14H24/c1-11(13(3,4)5)9-10-12(2)14(6,7)8/h9-10H,1-2H2,3-8H3/b10-9-. The van der Waals surface area contributed by atoms with Gasteiger partial charge in [-0.2, -0.15) is 0 Å². The maximum Gasteiger partial charge on any atom is -0.0138 e. The van der Waals surface area contributed by atoms with Crippen LogP contribution in [0.15, 0.2) is 36.5 Å². The summed E-state index contributed by atoms with van der Waals surface area (Å²) in [7, 11) is 0. The molecule has 0 amide bonds. The summed E-state index contributed by atoms with van der Waals surface area (Å²) in [6.45, 7) is 21.1. The van der Waals surface area contributed by atoms with E-state index in [0.29, 0.717) is 0 Å². The van der Waals surface area contributed by atoms with E-state index in [-0.39, 0.29) is 10.8 Å². The molecule has 0 N–H and O–H groups in total. The Labute approximate surface area is 89.4 Å². The Hall–Kier alpha value is -0.780. The minimum atomic E-state index is 0.147. The first kappa shape index (κ1) is 13.2. The highest BCUT2D eigenvalue weighted by atomic mass is 14.2. The van der Waals surface area contributed by atoms with Crippen LogP contribution in [0.4, 0.5) is 0 Å². The normalized spacial score (nSPS) is 13.3. The van der Waals surface area contributed by atoms with Gasteiger partial charge in [0.25, 0.3) is 0 Å². The molecule has 0 rings (SSSR count). The summed E-state index contributed by atoms with van der Waals surface area (Å²) >= 11 is 0. The maximum atomic E-state index is 4.05. The number of rotatable bonds is 2. The smallest absolute Gasteiger partial charge is 0.0138 e. The first-order valence-electron chi connectivity index (χ1n) is 5.12. The topological polar surface area (TPSA) is 0 Å². The molecule has 0 atom stereocenters. The van der Waals surface area contributed by atoms with Crippen LogP contribution in [0.25, 0.3) is 0 Å². The monoisotopic (exact) mass is 192 g/mol. The summed E-state index contributed by atoms with van der Waals surface area (Å²) in [6.07, 6.45) is 4.15. The summed E-state index contributed by atoms with van der Waals surface area (Å²) < 4.78 is 0. The Balaban J connectivity index is 4.49. The van der Waals surface area contributed by atoms with Crippen molar-refractivity contribution < 1.29 is 0 Å². The van der Waals surface area contributed by atoms with Gasteiger partial charge in [0.1, 0.15) is 0 Å². The van der Waals surface area contributed by atoms with Crippen molar-refractivity contribution in [2.45, 2.75) is 41.5 Å². The average Bonchev–Trinajstić information content (AvgIpc) is 1.95. The van der Waals surface area contributed by atoms with Crippen LogP contribution in [-0.4, -0.2) is 0 Å². The van der Waals surface area contributed by atoms with Crippen LogP contribution >= 0.6 is 0 Å². The molecule has 0 bridgehead atoms. The maximum absolute atomic E-state index is 4.05. The SMILES string of the molecule is C=C(/C=C\C(=C)C(C)(C)C)C(C)(C)C. The Morgan fingerprint density at radius 1 is 0.714 bits per heavy atom. The molecule has 0 radical (unpaired) electrons. The van der Waals surface area contributed by atoms with Crippen molar-refractivity contribution in [3.8, 4) is 0 Å². The summed E-state index contributed by atoms with van der Waals surface area (Å²) in [5.41, 5.74) is 2.58. The van der Waals surface area contributed by atoms with Gasteiger partial charge in [-0.15, -0.1) is 0 Å². The van der Waals surface area contributed by atoms with Crippen LogP contribution < -0.4 is 0 Å². The highest BCUT2D eigenvalue weighted by Gasteiger charge is 2.14. The molecule has 0 aliphatic carbocycles. The summed E-state index contributed by atoms with van der Waals surface area (Å²) in [5, 5.41) is 0. The highest BCUT2D eigenvalue weighted by molar-refractivity contribution is 5.30. The molecular weight excluding hydrogens is 168 g/mol. The van der Waals surface area contributed by atoms with Crippen LogP contribution in [0.2, 0.25) is 0 Å². The molecule has 0 heteroatoms. The van der Waals surface area contributed by atoms with E-state index in [1.165, 1.54) is 0 Å². The van der Waals surface area contributed by atoms with E-state index in [1.54, 1.807) is 0 Å². The van der Waals surface area contributed by atoms with Crippen LogP contribution in [0, 0.1) is 10.8 Å². The lowest BCUT2D eigenvalue weighted by Gasteiger charge is -2.21. The molecule has 0 saturated heterocycles. The molecular formula is C14H24. The first-order chi connectivity index (χ1) is 6.05. The molecule has 0 aliphatic heterocycles. The van der Waals surface area contributed by atoms with Gasteiger partial charge in [0.2, 0.25) is 0 Å². The second-order valence-electron chi connectivity index (χ2n) is 5.88. The summed E-state index contributed by atoms with van der Waals surface area (Å²) in [6, 6.07) is 0. The molecule has 0 heterocycles. The zero-order chi connectivity index (χ0) is 11.6. The molecule has 0 aromatic rings. The lowest BCUT2D eigenvalue weighted by molar-refractivity contribution is 0.512. The molecule has 0 nitrogen and oxygen atoms in total. The Kier molecular flexibility index (Phi) is 3.93. The Morgan fingerprint density at radius 3 is 1.07 bits per heavy atom. The van der Waals surface area contributed by atoms with Gasteiger partial charge < -0.3 is 0 Å². The van der Waals surface area contributed by atoms with Gasteiger partial charge in [-0.05, 0) is 22.0 Å². The Morgan fingerprint density at radius 2 is 0.929 bits per heavy atom. The van der Waals surface area contributed by atoms with Crippen LogP contribution in [0.1, 0.15) is 41.5 Å². The predicted octanol–water partition coefficient (Wildman–Crippen LogP) is 4.75. The van der Waals surface area contributed by atoms with E-state index in [1.807, 2.05) is 0 Å². The number of hydrogen-bond acceptors (Lipinski definition) is 0. The van der Waals surface area contributed by atoms with Gasteiger partial charge in [-0.1, -0.05) is 66.9 Å². The second kappa shape index (κ2) is 4.16. The lowest BCUT2D eigenvalue weighted by Crippen LogP contribution is -2.08. The van der Waals surface area contributed by atoms with Crippen molar-refractivity contribution in [2.24, 2.45) is 10.8 Å². The molecule has 0 aromatic heterocycles. The van der Waals surface area contributed by atoms with Gasteiger partial charge in [-0.25, -0.2) is 0 Å². The third-order valence-electron chi connectivity index (χ3n) is 2.41. The first-order valence-corrected chi connectivity index (χ1v) is 5.12. The average molecular weight is 192 g/mol. The van der Waals surface area contributed by atoms with Crippen molar-refractivity contribution in [1.29, 1.82) is 0 Å². The van der Waals surface area contributed by atoms with E-state index in [0.717, 1.165) is 11.1 Å². The van der Waals surface area contributed by atoms with Crippen molar-refractivity contribution in [3.05, 3.63) is 36.5 Å². The van der Waals surface area contributed by atoms with Gasteiger partial charge in [-0.3, -0.25) is 0 Å². The molecule has 80 valence electrons. The minimum absolute atomic E-state index is 0.147. The third-order valence-corrected chi connectivity index (χ3v) is 2.41. The summed E-state index contributed by atoms with van der Waals surface area (Å²) in [4.78, 5) is 0. The fourth-order valence-electron chi connectivity index (χ4n) is 0.701. The van der Waals surface area contributed by atoms with E-state index in [9.17, 15) is 0 Å². The molecule has 0 unspecified atom stereocenters. The van der Waals surface area contributed by atoms with Crippen molar-refractivity contribution in [3.63, 3.8) is 0 Å². The molecule has 0 fully saturated rings. The molecule has 0 aliphatic rings. The lowest BCUT2D eigenvalue weighted by atomic mass is 9.84. The largest absolute Gasteiger partial charge is 0.0953 e. The van der Waals surface area contributed by atoms with Crippen molar-refractivity contribution in [2.75, 3.05) is 0 Å². The van der Waals surface area contributed by atoms with Crippen molar-refractivity contribution in [1.82, 2.24) is 0 Å². The fourth-order valence-corrected chi connectivity index (χ4v) is 0.701. The molecule has 0 saturated carbocycles. The van der Waals surface area contributed by atoms with Gasteiger partial charge in [0, 0.05) is 0 Å². The zero-order valence-electron chi connectivity index (χ0n) is 10.6. The second-order valence-corrected chi connectivity index (χ2v) is 5.88. The van der Waals surface area contributed by atoms with Gasteiger partial charge in [0.05, 0.1) is 0 Å². The fraction of sp³-hybridized carbons (Fsp3) is 0.571. The Bertz CT molecular complexity index is 223. The third kappa shape index (κ3) is 4.45. The minimum Gasteiger partial charge on any atom is -0.0953 e. The van der Waals surface area contributed by atoms with Crippen LogP contribution in [0.5, 0.6) is 0 Å². The van der Waals surface area contributed by atoms with E-state index >= 15 is 0 Å². The molecule has 0 spiro atoms. The summed E-state index contributed by atoms with van der Waals surface area (Å²) in [5.74, 6) is 0. The zero-order valence-corrected chi connectivity index (χ0v) is 10.6. The predicted molar refractivity (Wildman–Crippen MR) is 66.3 cm³/mol. The van der Waals surface area contributed by atoms with E-state index < -0.39 is 0 Å². The van der Waals surface area contributed by atoms with Gasteiger partial charge in [0.15, 0.2) is 0 Å². The van der Waals surface area contributed by atoms with E-state index in [4.69, 9.17) is 0 Å². The highest BCUT2D eigenvalue weighted by Crippen LogP contribution is 2.28. The molecule has 0 aromatic carbocycles. The van der Waals surface area contributed by atoms with Crippen molar-refractivity contribution >= 4 is 0 Å². The van der Waals surface area contributed by atoms with Gasteiger partial charge >= 0.3 is 0 Å². The van der Waals surface area contributed by atoms with E-state index in [2.05, 4.69) is 66.9 Å². The van der Waals surface area contributed by atoms with Crippen LogP contribution in [0.3, 0.4) is 0 Å². The number of allylic oxidation sites excluding steroid dienone is 4. The number of hydrogen-bond donors (Lipinski definition) is 0. The van der Waals surface area contributed by atoms with Crippen LogP contribution in [-0.2, 0) is 0 Å². The molecule has 14 heavy (non-hydrogen) atoms.